The largest absolute Gasteiger partial charge is 0.380 e. The lowest BCUT2D eigenvalue weighted by Gasteiger charge is -2.20. The van der Waals surface area contributed by atoms with E-state index in [2.05, 4.69) is 41.4 Å². The smallest absolute Gasteiger partial charge is 0.0713 e. The van der Waals surface area contributed by atoms with Crippen LogP contribution in [-0.2, 0) is 17.9 Å². The average Bonchev–Trinajstić information content (AvgIpc) is 2.94. The van der Waals surface area contributed by atoms with E-state index in [0.717, 1.165) is 19.0 Å². The van der Waals surface area contributed by atoms with Gasteiger partial charge in [0.25, 0.3) is 0 Å². The average molecular weight is 276 g/mol. The molecule has 1 saturated heterocycles. The molecule has 1 N–H and O–H groups in total. The van der Waals surface area contributed by atoms with Crippen LogP contribution in [0.15, 0.2) is 24.3 Å². The zero-order chi connectivity index (χ0) is 14.2. The molecule has 20 heavy (non-hydrogen) atoms. The van der Waals surface area contributed by atoms with Crippen LogP contribution >= 0.6 is 0 Å². The fourth-order valence-corrected chi connectivity index (χ4v) is 2.85. The van der Waals surface area contributed by atoms with E-state index in [1.165, 1.54) is 43.6 Å². The van der Waals surface area contributed by atoms with Gasteiger partial charge in [0.1, 0.15) is 0 Å². The van der Waals surface area contributed by atoms with Crippen LogP contribution < -0.4 is 5.32 Å². The highest BCUT2D eigenvalue weighted by molar-refractivity contribution is 5.21. The highest BCUT2D eigenvalue weighted by Gasteiger charge is 2.14. The van der Waals surface area contributed by atoms with Gasteiger partial charge in [-0.05, 0) is 49.5 Å². The second-order valence-corrected chi connectivity index (χ2v) is 5.99. The van der Waals surface area contributed by atoms with Crippen LogP contribution in [0.4, 0.5) is 0 Å². The van der Waals surface area contributed by atoms with Crippen LogP contribution in [0.3, 0.4) is 0 Å². The molecule has 0 aromatic heterocycles. The molecule has 2 rings (SSSR count). The Morgan fingerprint density at radius 3 is 2.45 bits per heavy atom. The van der Waals surface area contributed by atoms with Gasteiger partial charge < -0.3 is 15.0 Å². The first-order chi connectivity index (χ1) is 9.78. The third-order valence-electron chi connectivity index (χ3n) is 3.92. The van der Waals surface area contributed by atoms with E-state index in [9.17, 15) is 0 Å². The van der Waals surface area contributed by atoms with Gasteiger partial charge in [-0.2, -0.15) is 0 Å². The molecule has 112 valence electrons. The maximum Gasteiger partial charge on any atom is 0.0713 e. The van der Waals surface area contributed by atoms with Crippen molar-refractivity contribution in [3.63, 3.8) is 0 Å². The predicted octanol–water partition coefficient (Wildman–Crippen LogP) is 2.65. The number of likely N-dealkylation sites (tertiary alicyclic amines) is 1. The van der Waals surface area contributed by atoms with Gasteiger partial charge in [0, 0.05) is 20.2 Å². The first kappa shape index (κ1) is 15.5. The van der Waals surface area contributed by atoms with E-state index >= 15 is 0 Å². The summed E-state index contributed by atoms with van der Waals surface area (Å²) >= 11 is 0. The standard InChI is InChI=1S/C17H28N2O/c1-15(13-19-9-3-4-10-19)11-18-12-16-5-7-17(8-6-16)14-20-2/h5-8,15,18H,3-4,9-14H2,1-2H3. The highest BCUT2D eigenvalue weighted by atomic mass is 16.5. The molecule has 0 aliphatic carbocycles. The van der Waals surface area contributed by atoms with Crippen LogP contribution in [0.2, 0.25) is 0 Å². The maximum absolute atomic E-state index is 5.12. The minimum Gasteiger partial charge on any atom is -0.380 e. The number of hydrogen-bond acceptors (Lipinski definition) is 3. The number of hydrogen-bond donors (Lipinski definition) is 1. The quantitative estimate of drug-likeness (QED) is 0.790. The molecule has 1 fully saturated rings. The van der Waals surface area contributed by atoms with E-state index < -0.39 is 0 Å². The van der Waals surface area contributed by atoms with E-state index in [1.807, 2.05) is 0 Å². The summed E-state index contributed by atoms with van der Waals surface area (Å²) in [5, 5.41) is 3.57. The van der Waals surface area contributed by atoms with Crippen molar-refractivity contribution in [2.75, 3.05) is 33.3 Å². The van der Waals surface area contributed by atoms with E-state index in [1.54, 1.807) is 7.11 Å². The van der Waals surface area contributed by atoms with Gasteiger partial charge in [-0.25, -0.2) is 0 Å². The Morgan fingerprint density at radius 1 is 1.15 bits per heavy atom. The van der Waals surface area contributed by atoms with Crippen molar-refractivity contribution in [3.8, 4) is 0 Å². The third kappa shape index (κ3) is 5.23. The second-order valence-electron chi connectivity index (χ2n) is 5.99. The van der Waals surface area contributed by atoms with Crippen LogP contribution in [0, 0.1) is 5.92 Å². The molecule has 0 bridgehead atoms. The lowest BCUT2D eigenvalue weighted by molar-refractivity contribution is 0.185. The molecule has 1 aromatic carbocycles. The Morgan fingerprint density at radius 2 is 1.80 bits per heavy atom. The molecule has 0 spiro atoms. The number of ether oxygens (including phenoxy) is 1. The summed E-state index contributed by atoms with van der Waals surface area (Å²) in [6.07, 6.45) is 2.77. The van der Waals surface area contributed by atoms with Crippen molar-refractivity contribution < 1.29 is 4.74 Å². The molecular formula is C17H28N2O. The Kier molecular flexibility index (Phi) is 6.51. The number of nitrogens with one attached hydrogen (secondary N) is 1. The molecule has 0 radical (unpaired) electrons. The molecule has 1 aliphatic rings. The fourth-order valence-electron chi connectivity index (χ4n) is 2.85. The van der Waals surface area contributed by atoms with E-state index in [0.29, 0.717) is 6.61 Å². The molecule has 1 atom stereocenters. The molecule has 0 saturated carbocycles. The van der Waals surface area contributed by atoms with Gasteiger partial charge in [-0.1, -0.05) is 31.2 Å². The van der Waals surface area contributed by atoms with Crippen molar-refractivity contribution in [3.05, 3.63) is 35.4 Å². The van der Waals surface area contributed by atoms with Crippen LogP contribution in [0.1, 0.15) is 30.9 Å². The Hall–Kier alpha value is -0.900. The summed E-state index contributed by atoms with van der Waals surface area (Å²) in [5.74, 6) is 0.723. The normalized spacial score (nSPS) is 17.5. The topological polar surface area (TPSA) is 24.5 Å². The molecule has 3 nitrogen and oxygen atoms in total. The molecule has 1 aliphatic heterocycles. The van der Waals surface area contributed by atoms with Crippen molar-refractivity contribution in [1.82, 2.24) is 10.2 Å². The first-order valence-corrected chi connectivity index (χ1v) is 7.78. The third-order valence-corrected chi connectivity index (χ3v) is 3.92. The fraction of sp³-hybridized carbons (Fsp3) is 0.647. The summed E-state index contributed by atoms with van der Waals surface area (Å²) in [5.41, 5.74) is 2.58. The van der Waals surface area contributed by atoms with Gasteiger partial charge >= 0.3 is 0 Å². The summed E-state index contributed by atoms with van der Waals surface area (Å²) < 4.78 is 5.12. The van der Waals surface area contributed by atoms with E-state index in [-0.39, 0.29) is 0 Å². The maximum atomic E-state index is 5.12. The molecular weight excluding hydrogens is 248 g/mol. The minimum absolute atomic E-state index is 0.695. The van der Waals surface area contributed by atoms with Crippen molar-refractivity contribution in [2.45, 2.75) is 32.9 Å². The van der Waals surface area contributed by atoms with Gasteiger partial charge in [0.2, 0.25) is 0 Å². The Bertz CT molecular complexity index is 371. The first-order valence-electron chi connectivity index (χ1n) is 7.78. The van der Waals surface area contributed by atoms with Gasteiger partial charge in [0.15, 0.2) is 0 Å². The van der Waals surface area contributed by atoms with Gasteiger partial charge in [-0.15, -0.1) is 0 Å². The molecule has 1 aromatic rings. The molecule has 3 heteroatoms. The highest BCUT2D eigenvalue weighted by Crippen LogP contribution is 2.10. The summed E-state index contributed by atoms with van der Waals surface area (Å²) in [6.45, 7) is 8.91. The predicted molar refractivity (Wildman–Crippen MR) is 83.7 cm³/mol. The summed E-state index contributed by atoms with van der Waals surface area (Å²) in [4.78, 5) is 2.59. The number of benzene rings is 1. The van der Waals surface area contributed by atoms with Gasteiger partial charge in [-0.3, -0.25) is 0 Å². The van der Waals surface area contributed by atoms with Crippen molar-refractivity contribution in [2.24, 2.45) is 5.92 Å². The molecule has 0 amide bonds. The lowest BCUT2D eigenvalue weighted by atomic mass is 10.1. The number of rotatable bonds is 8. The number of nitrogens with zero attached hydrogens (tertiary/aromatic N) is 1. The second kappa shape index (κ2) is 8.40. The zero-order valence-electron chi connectivity index (χ0n) is 12.9. The van der Waals surface area contributed by atoms with Crippen molar-refractivity contribution >= 4 is 0 Å². The van der Waals surface area contributed by atoms with Crippen LogP contribution in [0.25, 0.3) is 0 Å². The number of methoxy groups -OCH3 is 1. The van der Waals surface area contributed by atoms with Gasteiger partial charge in [0.05, 0.1) is 6.61 Å². The minimum atomic E-state index is 0.695. The SMILES string of the molecule is COCc1ccc(CNCC(C)CN2CCCC2)cc1. The summed E-state index contributed by atoms with van der Waals surface area (Å²) in [7, 11) is 1.73. The van der Waals surface area contributed by atoms with Crippen LogP contribution in [-0.4, -0.2) is 38.2 Å². The van der Waals surface area contributed by atoms with E-state index in [4.69, 9.17) is 4.74 Å². The molecule has 1 unspecified atom stereocenters. The Balaban J connectivity index is 1.64. The monoisotopic (exact) mass is 276 g/mol. The molecule has 1 heterocycles. The zero-order valence-corrected chi connectivity index (χ0v) is 12.9. The Labute approximate surface area is 123 Å². The summed E-state index contributed by atoms with van der Waals surface area (Å²) in [6, 6.07) is 8.67. The van der Waals surface area contributed by atoms with Crippen molar-refractivity contribution in [1.29, 1.82) is 0 Å². The van der Waals surface area contributed by atoms with Crippen LogP contribution in [0.5, 0.6) is 0 Å². The lowest BCUT2D eigenvalue weighted by Crippen LogP contribution is -2.31.